The zero-order valence-electron chi connectivity index (χ0n) is 22.4. The molecule has 4 rings (SSSR count). The molecule has 3 aromatic carbocycles. The number of nitrogens with zero attached hydrogens (tertiary/aromatic N) is 3. The molecule has 12 heteroatoms. The van der Waals surface area contributed by atoms with E-state index < -0.39 is 18.0 Å². The molecule has 3 N–H and O–H groups in total. The van der Waals surface area contributed by atoms with Gasteiger partial charge in [-0.05, 0) is 59.6 Å². The van der Waals surface area contributed by atoms with Crippen LogP contribution >= 0.6 is 12.2 Å². The van der Waals surface area contributed by atoms with E-state index in [2.05, 4.69) is 50.9 Å². The highest BCUT2D eigenvalue weighted by Crippen LogP contribution is 2.25. The Balaban J connectivity index is 1.34. The zero-order valence-corrected chi connectivity index (χ0v) is 23.2. The quantitative estimate of drug-likeness (QED) is 0.122. The van der Waals surface area contributed by atoms with E-state index in [1.165, 1.54) is 16.8 Å². The molecular weight excluding hydrogens is 553 g/mol. The van der Waals surface area contributed by atoms with Crippen LogP contribution in [0.4, 0.5) is 24.7 Å². The highest BCUT2D eigenvalue weighted by atomic mass is 32.1. The molecule has 0 saturated heterocycles. The number of hydrogen-bond donors (Lipinski definition) is 3. The predicted molar refractivity (Wildman–Crippen MR) is 157 cm³/mol. The normalized spacial score (nSPS) is 11.5. The summed E-state index contributed by atoms with van der Waals surface area (Å²) in [5.41, 5.74) is 7.33. The minimum atomic E-state index is -4.80. The Bertz CT molecular complexity index is 1550. The van der Waals surface area contributed by atoms with E-state index in [1.807, 2.05) is 42.5 Å². The van der Waals surface area contributed by atoms with E-state index in [0.717, 1.165) is 34.5 Å². The lowest BCUT2D eigenvalue weighted by Crippen LogP contribution is -2.24. The van der Waals surface area contributed by atoms with Gasteiger partial charge >= 0.3 is 6.36 Å². The predicted octanol–water partition coefficient (Wildman–Crippen LogP) is 6.68. The number of carbonyl (C=O) groups is 1. The summed E-state index contributed by atoms with van der Waals surface area (Å²) in [5, 5.41) is 14.9. The molecule has 1 aromatic heterocycles. The monoisotopic (exact) mass is 580 g/mol. The maximum Gasteiger partial charge on any atom is 0.573 e. The van der Waals surface area contributed by atoms with Gasteiger partial charge in [0.05, 0.1) is 11.9 Å². The third-order valence-electron chi connectivity index (χ3n) is 5.89. The van der Waals surface area contributed by atoms with Gasteiger partial charge in [-0.3, -0.25) is 14.9 Å². The second kappa shape index (κ2) is 12.6. The fraction of sp³-hybridized carbons (Fsp3) is 0.172. The van der Waals surface area contributed by atoms with E-state index in [-0.39, 0.29) is 5.56 Å². The smallest absolute Gasteiger partial charge is 0.406 e. The number of halogens is 3. The van der Waals surface area contributed by atoms with Crippen molar-refractivity contribution in [1.29, 1.82) is 0 Å². The number of nitrogens with one attached hydrogen (secondary N) is 3. The number of hydrazone groups is 1. The number of carbonyl (C=O) groups excluding carboxylic acids is 1. The first-order chi connectivity index (χ1) is 19.5. The lowest BCUT2D eigenvalue weighted by Gasteiger charge is -2.14. The van der Waals surface area contributed by atoms with Gasteiger partial charge in [0.15, 0.2) is 5.11 Å². The number of para-hydroxylation sites is 1. The maximum atomic E-state index is 12.6. The van der Waals surface area contributed by atoms with Gasteiger partial charge in [0.25, 0.3) is 5.91 Å². The van der Waals surface area contributed by atoms with Crippen LogP contribution in [0.1, 0.15) is 41.3 Å². The topological polar surface area (TPSA) is 92.6 Å². The van der Waals surface area contributed by atoms with Crippen LogP contribution < -0.4 is 20.8 Å². The summed E-state index contributed by atoms with van der Waals surface area (Å²) >= 11 is 5.36. The van der Waals surface area contributed by atoms with Gasteiger partial charge in [-0.15, -0.1) is 13.2 Å². The van der Waals surface area contributed by atoms with Crippen LogP contribution in [0.2, 0.25) is 0 Å². The van der Waals surface area contributed by atoms with Crippen LogP contribution in [0.5, 0.6) is 5.75 Å². The first-order valence-electron chi connectivity index (χ1n) is 12.5. The summed E-state index contributed by atoms with van der Waals surface area (Å²) < 4.78 is 42.4. The number of aromatic nitrogens is 2. The average Bonchev–Trinajstić information content (AvgIpc) is 3.28. The van der Waals surface area contributed by atoms with Gasteiger partial charge < -0.3 is 15.4 Å². The summed E-state index contributed by atoms with van der Waals surface area (Å²) in [4.78, 5) is 12.6. The van der Waals surface area contributed by atoms with Gasteiger partial charge in [-0.25, -0.2) is 0 Å². The van der Waals surface area contributed by atoms with E-state index >= 15 is 0 Å². The summed E-state index contributed by atoms with van der Waals surface area (Å²) in [5.74, 6) is -0.154. The Morgan fingerprint density at radius 2 is 1.71 bits per heavy atom. The van der Waals surface area contributed by atoms with Crippen LogP contribution in [-0.2, 0) is 7.05 Å². The van der Waals surface area contributed by atoms with Crippen molar-refractivity contribution < 1.29 is 22.7 Å². The Morgan fingerprint density at radius 3 is 2.37 bits per heavy atom. The summed E-state index contributed by atoms with van der Waals surface area (Å²) in [6.45, 7) is 4.23. The SMILES string of the molecule is CC(C)c1ccccc1NC(=S)N/N=C/c1ccc(-c2cc(NC(=O)c3ccc(OC(F)(F)F)cc3)n(C)n2)cc1. The van der Waals surface area contributed by atoms with Gasteiger partial charge in [-0.2, -0.15) is 10.2 Å². The van der Waals surface area contributed by atoms with Crippen molar-refractivity contribution >= 4 is 41.0 Å². The molecule has 0 fully saturated rings. The Hall–Kier alpha value is -4.71. The number of aryl methyl sites for hydroxylation is 1. The van der Waals surface area contributed by atoms with Crippen molar-refractivity contribution in [2.75, 3.05) is 10.6 Å². The van der Waals surface area contributed by atoms with E-state index in [4.69, 9.17) is 12.2 Å². The molecule has 0 saturated carbocycles. The molecule has 1 amide bonds. The third-order valence-corrected chi connectivity index (χ3v) is 6.08. The van der Waals surface area contributed by atoms with Crippen LogP contribution in [0.15, 0.2) is 84.0 Å². The molecule has 0 aliphatic carbocycles. The average molecular weight is 581 g/mol. The number of thiocarbonyl (C=S) groups is 1. The molecule has 0 atom stereocenters. The Labute approximate surface area is 240 Å². The summed E-state index contributed by atoms with van der Waals surface area (Å²) in [6, 6.07) is 21.8. The van der Waals surface area contributed by atoms with Crippen molar-refractivity contribution in [2.24, 2.45) is 12.1 Å². The number of rotatable bonds is 8. The maximum absolute atomic E-state index is 12.6. The second-order valence-corrected chi connectivity index (χ2v) is 9.66. The van der Waals surface area contributed by atoms with E-state index in [9.17, 15) is 18.0 Å². The van der Waals surface area contributed by atoms with E-state index in [0.29, 0.717) is 22.5 Å². The third kappa shape index (κ3) is 8.15. The first kappa shape index (κ1) is 29.3. The van der Waals surface area contributed by atoms with Crippen molar-refractivity contribution in [3.05, 3.63) is 95.6 Å². The zero-order chi connectivity index (χ0) is 29.6. The molecule has 0 aliphatic heterocycles. The number of ether oxygens (including phenoxy) is 1. The molecule has 4 aromatic rings. The van der Waals surface area contributed by atoms with Crippen molar-refractivity contribution in [2.45, 2.75) is 26.1 Å². The Kier molecular flexibility index (Phi) is 9.03. The molecule has 8 nitrogen and oxygen atoms in total. The molecular formula is C29H27F3N6O2S. The standard InChI is InChI=1S/C29H27F3N6O2S/c1-18(2)23-6-4-5-7-24(23)34-28(41)36-33-17-19-8-10-20(11-9-19)25-16-26(38(3)37-25)35-27(39)21-12-14-22(15-13-21)40-29(30,31)32/h4-18H,1-3H3,(H,35,39)(H2,34,36,41)/b33-17+. The van der Waals surface area contributed by atoms with Gasteiger partial charge in [0.2, 0.25) is 0 Å². The lowest BCUT2D eigenvalue weighted by molar-refractivity contribution is -0.274. The highest BCUT2D eigenvalue weighted by Gasteiger charge is 2.31. The fourth-order valence-electron chi connectivity index (χ4n) is 3.89. The van der Waals surface area contributed by atoms with Crippen molar-refractivity contribution in [1.82, 2.24) is 15.2 Å². The highest BCUT2D eigenvalue weighted by molar-refractivity contribution is 7.80. The van der Waals surface area contributed by atoms with Crippen LogP contribution in [-0.4, -0.2) is 33.4 Å². The largest absolute Gasteiger partial charge is 0.573 e. The van der Waals surface area contributed by atoms with Crippen LogP contribution in [0.25, 0.3) is 11.3 Å². The molecule has 0 bridgehead atoms. The van der Waals surface area contributed by atoms with E-state index in [1.54, 1.807) is 19.3 Å². The molecule has 0 radical (unpaired) electrons. The second-order valence-electron chi connectivity index (χ2n) is 9.25. The molecule has 1 heterocycles. The molecule has 41 heavy (non-hydrogen) atoms. The number of alkyl halides is 3. The number of benzene rings is 3. The van der Waals surface area contributed by atoms with Gasteiger partial charge in [0.1, 0.15) is 11.6 Å². The first-order valence-corrected chi connectivity index (χ1v) is 12.9. The minimum Gasteiger partial charge on any atom is -0.406 e. The summed E-state index contributed by atoms with van der Waals surface area (Å²) in [7, 11) is 1.67. The number of anilines is 2. The van der Waals surface area contributed by atoms with Crippen molar-refractivity contribution in [3.8, 4) is 17.0 Å². The molecule has 0 unspecified atom stereocenters. The Morgan fingerprint density at radius 1 is 1.02 bits per heavy atom. The van der Waals surface area contributed by atoms with Crippen LogP contribution in [0.3, 0.4) is 0 Å². The minimum absolute atomic E-state index is 0.165. The molecule has 0 spiro atoms. The number of amides is 1. The molecule has 0 aliphatic rings. The van der Waals surface area contributed by atoms with Crippen LogP contribution in [0, 0.1) is 0 Å². The summed E-state index contributed by atoms with van der Waals surface area (Å²) in [6.07, 6.45) is -3.16. The van der Waals surface area contributed by atoms with Crippen molar-refractivity contribution in [3.63, 3.8) is 0 Å². The van der Waals surface area contributed by atoms with Gasteiger partial charge in [-0.1, -0.05) is 56.3 Å². The lowest BCUT2D eigenvalue weighted by atomic mass is 10.0. The fourth-order valence-corrected chi connectivity index (χ4v) is 4.05. The van der Waals surface area contributed by atoms with Gasteiger partial charge in [0, 0.05) is 29.9 Å². The molecule has 212 valence electrons. The number of hydrogen-bond acceptors (Lipinski definition) is 5.